The highest BCUT2D eigenvalue weighted by molar-refractivity contribution is 5.75. The average Bonchev–Trinajstić information content (AvgIpc) is 2.42. The molecule has 18 heavy (non-hydrogen) atoms. The van der Waals surface area contributed by atoms with Gasteiger partial charge >= 0.3 is 0 Å². The highest BCUT2D eigenvalue weighted by Crippen LogP contribution is 2.25. The molecule has 1 rings (SSSR count). The number of nitrogens with one attached hydrogen (secondary N) is 1. The third-order valence-electron chi connectivity index (χ3n) is 2.84. The van der Waals surface area contributed by atoms with Gasteiger partial charge in [0.1, 0.15) is 5.75 Å². The Bertz CT molecular complexity index is 380. The van der Waals surface area contributed by atoms with Gasteiger partial charge in [-0.25, -0.2) is 0 Å². The molecule has 0 aromatic heterocycles. The number of rotatable bonds is 7. The summed E-state index contributed by atoms with van der Waals surface area (Å²) in [5.74, 6) is 0.862. The Labute approximate surface area is 109 Å². The lowest BCUT2D eigenvalue weighted by Crippen LogP contribution is -2.18. The average molecular weight is 250 g/mol. The maximum absolute atomic E-state index is 11.1. The molecule has 100 valence electrons. The van der Waals surface area contributed by atoms with E-state index in [1.54, 1.807) is 7.05 Å². The lowest BCUT2D eigenvalue weighted by Gasteiger charge is -2.15. The number of hydrogen-bond donors (Lipinski definition) is 2. The van der Waals surface area contributed by atoms with Gasteiger partial charge in [0.2, 0.25) is 5.91 Å². The molecule has 3 N–H and O–H groups in total. The molecule has 0 saturated heterocycles. The third-order valence-corrected chi connectivity index (χ3v) is 2.84. The molecule has 0 aliphatic heterocycles. The second-order valence-electron chi connectivity index (χ2n) is 4.18. The minimum Gasteiger partial charge on any atom is -0.493 e. The van der Waals surface area contributed by atoms with Crippen molar-refractivity contribution in [2.45, 2.75) is 32.2 Å². The van der Waals surface area contributed by atoms with E-state index in [2.05, 4.69) is 5.32 Å². The van der Waals surface area contributed by atoms with Crippen LogP contribution in [0.3, 0.4) is 0 Å². The van der Waals surface area contributed by atoms with E-state index in [1.807, 2.05) is 31.2 Å². The Morgan fingerprint density at radius 1 is 1.44 bits per heavy atom. The molecule has 0 aliphatic rings. The summed E-state index contributed by atoms with van der Waals surface area (Å²) in [5.41, 5.74) is 7.05. The first-order valence-electron chi connectivity index (χ1n) is 6.37. The highest BCUT2D eigenvalue weighted by Gasteiger charge is 2.09. The van der Waals surface area contributed by atoms with E-state index in [-0.39, 0.29) is 11.9 Å². The topological polar surface area (TPSA) is 64.3 Å². The largest absolute Gasteiger partial charge is 0.493 e. The van der Waals surface area contributed by atoms with Gasteiger partial charge in [0.05, 0.1) is 6.61 Å². The summed E-state index contributed by atoms with van der Waals surface area (Å²) in [6.07, 6.45) is 2.06. The zero-order valence-electron chi connectivity index (χ0n) is 11.1. The molecule has 1 aromatic carbocycles. The smallest absolute Gasteiger partial charge is 0.219 e. The number of benzene rings is 1. The Balaban J connectivity index is 2.49. The van der Waals surface area contributed by atoms with Crippen molar-refractivity contribution in [2.24, 2.45) is 5.73 Å². The van der Waals surface area contributed by atoms with Crippen molar-refractivity contribution in [3.8, 4) is 5.75 Å². The van der Waals surface area contributed by atoms with Crippen molar-refractivity contribution < 1.29 is 9.53 Å². The summed E-state index contributed by atoms with van der Waals surface area (Å²) in [4.78, 5) is 11.1. The van der Waals surface area contributed by atoms with E-state index >= 15 is 0 Å². The number of nitrogens with two attached hydrogens (primary N) is 1. The molecule has 0 unspecified atom stereocenters. The van der Waals surface area contributed by atoms with Crippen molar-refractivity contribution in [3.05, 3.63) is 29.8 Å². The molecular formula is C14H22N2O2. The van der Waals surface area contributed by atoms with Crippen LogP contribution in [-0.2, 0) is 4.79 Å². The van der Waals surface area contributed by atoms with Gasteiger partial charge < -0.3 is 15.8 Å². The Morgan fingerprint density at radius 3 is 2.83 bits per heavy atom. The summed E-state index contributed by atoms with van der Waals surface area (Å²) in [7, 11) is 1.64. The molecule has 0 fully saturated rings. The minimum absolute atomic E-state index is 0.000130. The van der Waals surface area contributed by atoms with Crippen molar-refractivity contribution >= 4 is 5.91 Å². The lowest BCUT2D eigenvalue weighted by molar-refractivity contribution is -0.120. The standard InChI is InChI=1S/C14H22N2O2/c1-3-12(15)11-7-4-5-8-13(11)18-10-6-9-14(17)16-2/h4-5,7-8,12H,3,6,9-10,15H2,1-2H3,(H,16,17)/t12-/m0/s1. The molecule has 0 radical (unpaired) electrons. The molecule has 4 heteroatoms. The van der Waals surface area contributed by atoms with Crippen LogP contribution in [0.2, 0.25) is 0 Å². The fourth-order valence-corrected chi connectivity index (χ4v) is 1.68. The van der Waals surface area contributed by atoms with Crippen LogP contribution in [0.5, 0.6) is 5.75 Å². The number of carbonyl (C=O) groups is 1. The van der Waals surface area contributed by atoms with E-state index in [0.717, 1.165) is 17.7 Å². The Hall–Kier alpha value is -1.55. The van der Waals surface area contributed by atoms with Crippen molar-refractivity contribution in [3.63, 3.8) is 0 Å². The second-order valence-corrected chi connectivity index (χ2v) is 4.18. The highest BCUT2D eigenvalue weighted by atomic mass is 16.5. The van der Waals surface area contributed by atoms with Gasteiger partial charge in [-0.2, -0.15) is 0 Å². The first-order valence-corrected chi connectivity index (χ1v) is 6.37. The number of ether oxygens (including phenoxy) is 1. The van der Waals surface area contributed by atoms with Gasteiger partial charge in [-0.15, -0.1) is 0 Å². The van der Waals surface area contributed by atoms with Gasteiger partial charge in [-0.3, -0.25) is 4.79 Å². The lowest BCUT2D eigenvalue weighted by atomic mass is 10.0. The summed E-state index contributed by atoms with van der Waals surface area (Å²) in [6.45, 7) is 2.58. The summed E-state index contributed by atoms with van der Waals surface area (Å²) >= 11 is 0. The van der Waals surface area contributed by atoms with Crippen LogP contribution in [0.4, 0.5) is 0 Å². The Kier molecular flexibility index (Phi) is 6.22. The fraction of sp³-hybridized carbons (Fsp3) is 0.500. The SMILES string of the molecule is CC[C@H](N)c1ccccc1OCCCC(=O)NC. The van der Waals surface area contributed by atoms with E-state index in [0.29, 0.717) is 19.4 Å². The predicted molar refractivity (Wildman–Crippen MR) is 72.5 cm³/mol. The predicted octanol–water partition coefficient (Wildman–Crippen LogP) is 2.00. The third kappa shape index (κ3) is 4.37. The van der Waals surface area contributed by atoms with E-state index < -0.39 is 0 Å². The maximum atomic E-state index is 11.1. The molecule has 0 spiro atoms. The van der Waals surface area contributed by atoms with Gasteiger partial charge in [-0.05, 0) is 18.9 Å². The van der Waals surface area contributed by atoms with Gasteiger partial charge in [-0.1, -0.05) is 25.1 Å². The Morgan fingerprint density at radius 2 is 2.17 bits per heavy atom. The second kappa shape index (κ2) is 7.71. The van der Waals surface area contributed by atoms with E-state index in [4.69, 9.17) is 10.5 Å². The fourth-order valence-electron chi connectivity index (χ4n) is 1.68. The monoisotopic (exact) mass is 250 g/mol. The first-order chi connectivity index (χ1) is 8.69. The summed E-state index contributed by atoms with van der Waals surface area (Å²) in [5, 5.41) is 2.59. The van der Waals surface area contributed by atoms with Crippen LogP contribution < -0.4 is 15.8 Å². The number of amides is 1. The van der Waals surface area contributed by atoms with Gasteiger partial charge in [0, 0.05) is 25.1 Å². The quantitative estimate of drug-likeness (QED) is 0.727. The van der Waals surface area contributed by atoms with Gasteiger partial charge in [0.25, 0.3) is 0 Å². The van der Waals surface area contributed by atoms with Crippen LogP contribution in [0.25, 0.3) is 0 Å². The normalized spacial score (nSPS) is 11.9. The molecule has 0 bridgehead atoms. The van der Waals surface area contributed by atoms with Crippen LogP contribution >= 0.6 is 0 Å². The molecule has 4 nitrogen and oxygen atoms in total. The molecule has 1 amide bonds. The zero-order valence-corrected chi connectivity index (χ0v) is 11.1. The first kappa shape index (κ1) is 14.5. The summed E-state index contributed by atoms with van der Waals surface area (Å²) < 4.78 is 5.70. The number of para-hydroxylation sites is 1. The molecule has 0 aliphatic carbocycles. The molecule has 1 atom stereocenters. The molecule has 1 aromatic rings. The van der Waals surface area contributed by atoms with Crippen molar-refractivity contribution in [2.75, 3.05) is 13.7 Å². The zero-order chi connectivity index (χ0) is 13.4. The van der Waals surface area contributed by atoms with E-state index in [1.165, 1.54) is 0 Å². The van der Waals surface area contributed by atoms with Crippen LogP contribution in [0.15, 0.2) is 24.3 Å². The number of carbonyl (C=O) groups excluding carboxylic acids is 1. The van der Waals surface area contributed by atoms with Gasteiger partial charge in [0.15, 0.2) is 0 Å². The van der Waals surface area contributed by atoms with Crippen molar-refractivity contribution in [1.82, 2.24) is 5.32 Å². The van der Waals surface area contributed by atoms with E-state index in [9.17, 15) is 4.79 Å². The maximum Gasteiger partial charge on any atom is 0.219 e. The molecule has 0 saturated carbocycles. The van der Waals surface area contributed by atoms with Crippen molar-refractivity contribution in [1.29, 1.82) is 0 Å². The van der Waals surface area contributed by atoms with Crippen LogP contribution in [0, 0.1) is 0 Å². The number of hydrogen-bond acceptors (Lipinski definition) is 3. The van der Waals surface area contributed by atoms with Crippen LogP contribution in [0.1, 0.15) is 37.8 Å². The molecular weight excluding hydrogens is 228 g/mol. The molecule has 0 heterocycles. The minimum atomic E-state index is 0.000130. The summed E-state index contributed by atoms with van der Waals surface area (Å²) in [6, 6.07) is 7.80. The van der Waals surface area contributed by atoms with Crippen LogP contribution in [-0.4, -0.2) is 19.6 Å².